The summed E-state index contributed by atoms with van der Waals surface area (Å²) >= 11 is 6.14. The van der Waals surface area contributed by atoms with E-state index in [1.807, 2.05) is 44.2 Å². The summed E-state index contributed by atoms with van der Waals surface area (Å²) in [5, 5.41) is 0.696. The lowest BCUT2D eigenvalue weighted by molar-refractivity contribution is -0.119. The lowest BCUT2D eigenvalue weighted by Crippen LogP contribution is -2.30. The lowest BCUT2D eigenvalue weighted by Gasteiger charge is -2.11. The van der Waals surface area contributed by atoms with Crippen molar-refractivity contribution >= 4 is 27.5 Å². The van der Waals surface area contributed by atoms with Crippen LogP contribution >= 0.6 is 11.6 Å². The molecule has 0 bridgehead atoms. The van der Waals surface area contributed by atoms with Crippen molar-refractivity contribution in [2.24, 2.45) is 0 Å². The molecule has 0 heterocycles. The molecule has 0 atom stereocenters. The first-order valence-corrected chi connectivity index (χ1v) is 11.9. The first-order chi connectivity index (χ1) is 15.2. The Morgan fingerprint density at radius 2 is 1.50 bits per heavy atom. The fourth-order valence-corrected chi connectivity index (χ4v) is 4.11. The van der Waals surface area contributed by atoms with E-state index in [1.54, 1.807) is 12.1 Å². The summed E-state index contributed by atoms with van der Waals surface area (Å²) in [7, 11) is -3.97. The average Bonchev–Trinajstić information content (AvgIpc) is 2.76. The molecular weight excluding hydrogens is 450 g/mol. The number of hydrogen-bond acceptors (Lipinski definition) is 5. The van der Waals surface area contributed by atoms with E-state index < -0.39 is 15.9 Å². The Balaban J connectivity index is 1.48. The lowest BCUT2D eigenvalue weighted by atomic mass is 10.1. The van der Waals surface area contributed by atoms with Crippen LogP contribution in [0.15, 0.2) is 71.6 Å². The molecule has 0 aliphatic heterocycles. The van der Waals surface area contributed by atoms with E-state index in [-0.39, 0.29) is 17.9 Å². The second-order valence-corrected chi connectivity index (χ2v) is 9.30. The zero-order chi connectivity index (χ0) is 23.1. The van der Waals surface area contributed by atoms with Gasteiger partial charge in [-0.2, -0.15) is 0 Å². The van der Waals surface area contributed by atoms with Crippen molar-refractivity contribution in [3.8, 4) is 17.2 Å². The molecule has 0 aromatic heterocycles. The van der Waals surface area contributed by atoms with Crippen LogP contribution in [0.2, 0.25) is 5.02 Å². The van der Waals surface area contributed by atoms with Crippen molar-refractivity contribution in [2.75, 3.05) is 6.61 Å². The largest absolute Gasteiger partial charge is 0.494 e. The second kappa shape index (κ2) is 10.5. The van der Waals surface area contributed by atoms with Crippen LogP contribution in [0.5, 0.6) is 17.2 Å². The SMILES string of the molecule is Cc1cc(OCCCC(=O)NS(=O)(=O)c2ccc(Oc3ccccc3)cc2)cc(C)c1Cl. The molecule has 8 heteroatoms. The Morgan fingerprint density at radius 1 is 0.906 bits per heavy atom. The standard InChI is InChI=1S/C24H24ClNO5S/c1-17-15-21(16-18(2)24(17)25)30-14-6-9-23(27)26-32(28,29)22-12-10-20(11-13-22)31-19-7-4-3-5-8-19/h3-5,7-8,10-13,15-16H,6,9,14H2,1-2H3,(H,26,27). The van der Waals surface area contributed by atoms with Crippen molar-refractivity contribution in [2.45, 2.75) is 31.6 Å². The van der Waals surface area contributed by atoms with Gasteiger partial charge in [-0.15, -0.1) is 0 Å². The van der Waals surface area contributed by atoms with Gasteiger partial charge in [0.15, 0.2) is 0 Å². The fourth-order valence-electron chi connectivity index (χ4n) is 2.98. The van der Waals surface area contributed by atoms with Gasteiger partial charge in [-0.3, -0.25) is 4.79 Å². The highest BCUT2D eigenvalue weighted by molar-refractivity contribution is 7.90. The molecule has 0 unspecified atom stereocenters. The van der Waals surface area contributed by atoms with Gasteiger partial charge in [0.2, 0.25) is 5.91 Å². The summed E-state index contributed by atoms with van der Waals surface area (Å²) in [5.41, 5.74) is 1.82. The molecule has 168 valence electrons. The Bertz CT molecular complexity index is 1160. The zero-order valence-corrected chi connectivity index (χ0v) is 19.4. The first kappa shape index (κ1) is 23.6. The summed E-state index contributed by atoms with van der Waals surface area (Å²) in [6, 6.07) is 18.6. The van der Waals surface area contributed by atoms with Gasteiger partial charge >= 0.3 is 0 Å². The number of para-hydroxylation sites is 1. The number of rotatable bonds is 9. The van der Waals surface area contributed by atoms with Crippen LogP contribution < -0.4 is 14.2 Å². The van der Waals surface area contributed by atoms with Crippen molar-refractivity contribution in [3.63, 3.8) is 0 Å². The van der Waals surface area contributed by atoms with Crippen LogP contribution in [0.4, 0.5) is 0 Å². The monoisotopic (exact) mass is 473 g/mol. The molecule has 1 amide bonds. The molecule has 0 fully saturated rings. The summed E-state index contributed by atoms with van der Waals surface area (Å²) in [6.45, 7) is 4.06. The zero-order valence-electron chi connectivity index (χ0n) is 17.8. The Morgan fingerprint density at radius 3 is 2.12 bits per heavy atom. The van der Waals surface area contributed by atoms with Gasteiger partial charge in [0.25, 0.3) is 10.0 Å². The van der Waals surface area contributed by atoms with E-state index in [2.05, 4.69) is 4.72 Å². The number of benzene rings is 3. The van der Waals surface area contributed by atoms with Crippen molar-refractivity contribution in [3.05, 3.63) is 82.9 Å². The molecule has 32 heavy (non-hydrogen) atoms. The summed E-state index contributed by atoms with van der Waals surface area (Å²) < 4.78 is 38.3. The Kier molecular flexibility index (Phi) is 7.77. The second-order valence-electron chi connectivity index (χ2n) is 7.24. The minimum Gasteiger partial charge on any atom is -0.494 e. The third kappa shape index (κ3) is 6.48. The number of ether oxygens (including phenoxy) is 2. The van der Waals surface area contributed by atoms with E-state index in [0.29, 0.717) is 28.7 Å². The Labute approximate surface area is 193 Å². The van der Waals surface area contributed by atoms with Crippen LogP contribution in [0, 0.1) is 13.8 Å². The summed E-state index contributed by atoms with van der Waals surface area (Å²) in [6.07, 6.45) is 0.381. The number of nitrogens with one attached hydrogen (secondary N) is 1. The maximum absolute atomic E-state index is 12.5. The molecule has 6 nitrogen and oxygen atoms in total. The maximum Gasteiger partial charge on any atom is 0.264 e. The molecule has 3 aromatic carbocycles. The number of aryl methyl sites for hydroxylation is 2. The minimum absolute atomic E-state index is 0.0139. The molecule has 0 aliphatic rings. The Hall–Kier alpha value is -3.03. The summed E-state index contributed by atoms with van der Waals surface area (Å²) in [5.74, 6) is 1.20. The van der Waals surface area contributed by atoms with Gasteiger partial charge in [0, 0.05) is 11.4 Å². The van der Waals surface area contributed by atoms with Gasteiger partial charge in [-0.1, -0.05) is 29.8 Å². The van der Waals surface area contributed by atoms with Crippen LogP contribution in [0.3, 0.4) is 0 Å². The predicted molar refractivity (Wildman–Crippen MR) is 124 cm³/mol. The third-order valence-corrected chi connectivity index (χ3v) is 6.57. The molecule has 1 N–H and O–H groups in total. The number of carbonyl (C=O) groups is 1. The highest BCUT2D eigenvalue weighted by Crippen LogP contribution is 2.26. The number of halogens is 1. The van der Waals surface area contributed by atoms with Crippen molar-refractivity contribution in [1.82, 2.24) is 4.72 Å². The number of carbonyl (C=O) groups excluding carboxylic acids is 1. The van der Waals surface area contributed by atoms with Gasteiger partial charge in [0.05, 0.1) is 11.5 Å². The van der Waals surface area contributed by atoms with E-state index in [9.17, 15) is 13.2 Å². The molecule has 0 saturated carbocycles. The van der Waals surface area contributed by atoms with E-state index in [0.717, 1.165) is 11.1 Å². The minimum atomic E-state index is -3.97. The van der Waals surface area contributed by atoms with Gasteiger partial charge in [0.1, 0.15) is 17.2 Å². The summed E-state index contributed by atoms with van der Waals surface area (Å²) in [4.78, 5) is 12.1. The average molecular weight is 474 g/mol. The fraction of sp³-hybridized carbons (Fsp3) is 0.208. The van der Waals surface area contributed by atoms with Crippen molar-refractivity contribution < 1.29 is 22.7 Å². The number of hydrogen-bond donors (Lipinski definition) is 1. The van der Waals surface area contributed by atoms with Gasteiger partial charge in [-0.05, 0) is 79.9 Å². The highest BCUT2D eigenvalue weighted by atomic mass is 35.5. The number of sulfonamides is 1. The third-order valence-electron chi connectivity index (χ3n) is 4.59. The molecule has 3 aromatic rings. The molecule has 0 spiro atoms. The highest BCUT2D eigenvalue weighted by Gasteiger charge is 2.17. The smallest absolute Gasteiger partial charge is 0.264 e. The van der Waals surface area contributed by atoms with Crippen LogP contribution in [0.1, 0.15) is 24.0 Å². The molecule has 0 aliphatic carbocycles. The van der Waals surface area contributed by atoms with E-state index in [1.165, 1.54) is 24.3 Å². The normalized spacial score (nSPS) is 11.1. The van der Waals surface area contributed by atoms with E-state index in [4.69, 9.17) is 21.1 Å². The molecule has 0 saturated heterocycles. The number of amides is 1. The molecule has 3 rings (SSSR count). The van der Waals surface area contributed by atoms with Crippen LogP contribution in [-0.2, 0) is 14.8 Å². The van der Waals surface area contributed by atoms with E-state index >= 15 is 0 Å². The topological polar surface area (TPSA) is 81.7 Å². The quantitative estimate of drug-likeness (QED) is 0.420. The first-order valence-electron chi connectivity index (χ1n) is 10.0. The van der Waals surface area contributed by atoms with Gasteiger partial charge < -0.3 is 9.47 Å². The van der Waals surface area contributed by atoms with Crippen LogP contribution in [0.25, 0.3) is 0 Å². The van der Waals surface area contributed by atoms with Crippen molar-refractivity contribution in [1.29, 1.82) is 0 Å². The molecular formula is C24H24ClNO5S. The predicted octanol–water partition coefficient (Wildman–Crippen LogP) is 5.41. The van der Waals surface area contributed by atoms with Gasteiger partial charge in [-0.25, -0.2) is 13.1 Å². The molecule has 0 radical (unpaired) electrons. The van der Waals surface area contributed by atoms with Crippen LogP contribution in [-0.4, -0.2) is 20.9 Å². The maximum atomic E-state index is 12.5.